The molecule has 18 heavy (non-hydrogen) atoms. The second-order valence-electron chi connectivity index (χ2n) is 5.80. The first-order valence-electron chi connectivity index (χ1n) is 6.21. The van der Waals surface area contributed by atoms with Crippen molar-refractivity contribution in [3.63, 3.8) is 0 Å². The standard InChI is InChI=1S/C15H20ClNO/c1-9-6-10-13(15(2,3)4)12(8-17-5)18-14(10)11(16)7-9/h6-7,17H,8H2,1-5H3. The van der Waals surface area contributed by atoms with Crippen LogP contribution < -0.4 is 5.32 Å². The van der Waals surface area contributed by atoms with Gasteiger partial charge < -0.3 is 9.73 Å². The third-order valence-electron chi connectivity index (χ3n) is 3.05. The van der Waals surface area contributed by atoms with Crippen molar-refractivity contribution in [2.45, 2.75) is 39.7 Å². The van der Waals surface area contributed by atoms with E-state index in [2.05, 4.69) is 39.1 Å². The van der Waals surface area contributed by atoms with E-state index in [4.69, 9.17) is 16.0 Å². The average Bonchev–Trinajstić information content (AvgIpc) is 2.56. The highest BCUT2D eigenvalue weighted by Gasteiger charge is 2.25. The molecule has 1 aromatic heterocycles. The van der Waals surface area contributed by atoms with E-state index in [1.165, 1.54) is 5.56 Å². The van der Waals surface area contributed by atoms with Crippen LogP contribution in [0, 0.1) is 6.92 Å². The average molecular weight is 266 g/mol. The Labute approximate surface area is 113 Å². The van der Waals surface area contributed by atoms with Crippen LogP contribution in [0.3, 0.4) is 0 Å². The molecule has 1 N–H and O–H groups in total. The summed E-state index contributed by atoms with van der Waals surface area (Å²) in [5.74, 6) is 0.979. The van der Waals surface area contributed by atoms with Gasteiger partial charge in [0.15, 0.2) is 5.58 Å². The van der Waals surface area contributed by atoms with Gasteiger partial charge in [0, 0.05) is 10.9 Å². The highest BCUT2D eigenvalue weighted by molar-refractivity contribution is 6.35. The lowest BCUT2D eigenvalue weighted by atomic mass is 9.84. The molecule has 2 aromatic rings. The second kappa shape index (κ2) is 4.60. The van der Waals surface area contributed by atoms with Crippen LogP contribution >= 0.6 is 11.6 Å². The Morgan fingerprint density at radius 2 is 1.94 bits per heavy atom. The van der Waals surface area contributed by atoms with Crippen molar-refractivity contribution in [2.75, 3.05) is 7.05 Å². The molecule has 0 amide bonds. The first-order valence-corrected chi connectivity index (χ1v) is 6.59. The van der Waals surface area contributed by atoms with Crippen molar-refractivity contribution >= 4 is 22.6 Å². The molecular weight excluding hydrogens is 246 g/mol. The first-order chi connectivity index (χ1) is 8.34. The van der Waals surface area contributed by atoms with Gasteiger partial charge in [-0.05, 0) is 37.1 Å². The predicted molar refractivity (Wildman–Crippen MR) is 77.4 cm³/mol. The van der Waals surface area contributed by atoms with Crippen molar-refractivity contribution in [1.82, 2.24) is 5.32 Å². The summed E-state index contributed by atoms with van der Waals surface area (Å²) in [4.78, 5) is 0. The highest BCUT2D eigenvalue weighted by Crippen LogP contribution is 2.38. The Morgan fingerprint density at radius 3 is 2.50 bits per heavy atom. The number of hydrogen-bond donors (Lipinski definition) is 1. The molecule has 0 aliphatic heterocycles. The quantitative estimate of drug-likeness (QED) is 0.870. The summed E-state index contributed by atoms with van der Waals surface area (Å²) in [6.07, 6.45) is 0. The third kappa shape index (κ3) is 2.27. The maximum atomic E-state index is 6.28. The number of rotatable bonds is 2. The van der Waals surface area contributed by atoms with Crippen LogP contribution in [0.4, 0.5) is 0 Å². The molecule has 0 saturated carbocycles. The van der Waals surface area contributed by atoms with E-state index in [1.807, 2.05) is 13.1 Å². The number of furan rings is 1. The molecule has 3 heteroatoms. The molecule has 2 nitrogen and oxygen atoms in total. The van der Waals surface area contributed by atoms with Crippen molar-refractivity contribution in [3.05, 3.63) is 34.0 Å². The van der Waals surface area contributed by atoms with Gasteiger partial charge in [-0.1, -0.05) is 32.4 Å². The molecule has 0 aliphatic rings. The minimum absolute atomic E-state index is 0.0363. The second-order valence-corrected chi connectivity index (χ2v) is 6.21. The van der Waals surface area contributed by atoms with Crippen LogP contribution in [-0.2, 0) is 12.0 Å². The Balaban J connectivity index is 2.81. The van der Waals surface area contributed by atoms with Crippen LogP contribution in [-0.4, -0.2) is 7.05 Å². The molecule has 1 aromatic carbocycles. The third-order valence-corrected chi connectivity index (χ3v) is 3.33. The van der Waals surface area contributed by atoms with Gasteiger partial charge >= 0.3 is 0 Å². The summed E-state index contributed by atoms with van der Waals surface area (Å²) in [5.41, 5.74) is 3.25. The minimum Gasteiger partial charge on any atom is -0.458 e. The highest BCUT2D eigenvalue weighted by atomic mass is 35.5. The monoisotopic (exact) mass is 265 g/mol. The Morgan fingerprint density at radius 1 is 1.28 bits per heavy atom. The molecule has 1 heterocycles. The summed E-state index contributed by atoms with van der Waals surface area (Å²) < 4.78 is 5.96. The minimum atomic E-state index is 0.0363. The number of fused-ring (bicyclic) bond motifs is 1. The zero-order valence-corrected chi connectivity index (χ0v) is 12.4. The molecule has 0 unspecified atom stereocenters. The summed E-state index contributed by atoms with van der Waals surface area (Å²) in [6, 6.07) is 4.10. The van der Waals surface area contributed by atoms with Crippen molar-refractivity contribution in [1.29, 1.82) is 0 Å². The van der Waals surface area contributed by atoms with Crippen molar-refractivity contribution in [2.24, 2.45) is 0 Å². The number of halogens is 1. The van der Waals surface area contributed by atoms with Gasteiger partial charge in [-0.15, -0.1) is 0 Å². The fourth-order valence-electron chi connectivity index (χ4n) is 2.45. The van der Waals surface area contributed by atoms with Gasteiger partial charge in [-0.25, -0.2) is 0 Å². The number of hydrogen-bond acceptors (Lipinski definition) is 2. The zero-order chi connectivity index (χ0) is 13.5. The van der Waals surface area contributed by atoms with Gasteiger partial charge in [-0.3, -0.25) is 0 Å². The van der Waals surface area contributed by atoms with Crippen LogP contribution in [0.1, 0.15) is 37.7 Å². The van der Waals surface area contributed by atoms with Crippen LogP contribution in [0.25, 0.3) is 11.0 Å². The fraction of sp³-hybridized carbons (Fsp3) is 0.467. The van der Waals surface area contributed by atoms with Gasteiger partial charge in [0.25, 0.3) is 0 Å². The van der Waals surface area contributed by atoms with Crippen LogP contribution in [0.5, 0.6) is 0 Å². The Bertz CT molecular complexity index is 578. The summed E-state index contributed by atoms with van der Waals surface area (Å²) in [7, 11) is 1.92. The molecule has 0 aliphatic carbocycles. The fourth-order valence-corrected chi connectivity index (χ4v) is 2.76. The lowest BCUT2D eigenvalue weighted by Crippen LogP contribution is -2.15. The molecule has 98 valence electrons. The molecule has 0 spiro atoms. The maximum Gasteiger partial charge on any atom is 0.153 e. The zero-order valence-electron chi connectivity index (χ0n) is 11.6. The largest absolute Gasteiger partial charge is 0.458 e. The van der Waals surface area contributed by atoms with E-state index >= 15 is 0 Å². The summed E-state index contributed by atoms with van der Waals surface area (Å²) in [5, 5.41) is 4.98. The summed E-state index contributed by atoms with van der Waals surface area (Å²) in [6.45, 7) is 9.38. The topological polar surface area (TPSA) is 25.2 Å². The van der Waals surface area contributed by atoms with E-state index in [0.29, 0.717) is 5.02 Å². The molecule has 0 fully saturated rings. The van der Waals surface area contributed by atoms with Gasteiger partial charge in [0.1, 0.15) is 5.76 Å². The van der Waals surface area contributed by atoms with Gasteiger partial charge in [-0.2, -0.15) is 0 Å². The van der Waals surface area contributed by atoms with Gasteiger partial charge in [0.2, 0.25) is 0 Å². The molecule has 0 bridgehead atoms. The normalized spacial score (nSPS) is 12.3. The molecule has 0 saturated heterocycles. The number of aryl methyl sites for hydroxylation is 1. The maximum absolute atomic E-state index is 6.28. The Kier molecular flexibility index (Phi) is 3.43. The van der Waals surface area contributed by atoms with Crippen LogP contribution in [0.15, 0.2) is 16.5 Å². The molecule has 0 radical (unpaired) electrons. The van der Waals surface area contributed by atoms with E-state index < -0.39 is 0 Å². The van der Waals surface area contributed by atoms with E-state index in [0.717, 1.165) is 28.8 Å². The first kappa shape index (κ1) is 13.4. The molecular formula is C15H20ClNO. The van der Waals surface area contributed by atoms with Crippen molar-refractivity contribution in [3.8, 4) is 0 Å². The van der Waals surface area contributed by atoms with Crippen molar-refractivity contribution < 1.29 is 4.42 Å². The Hall–Kier alpha value is -0.990. The number of benzene rings is 1. The SMILES string of the molecule is CNCc1oc2c(Cl)cc(C)cc2c1C(C)(C)C. The molecule has 0 atom stereocenters. The van der Waals surface area contributed by atoms with E-state index in [9.17, 15) is 0 Å². The molecule has 2 rings (SSSR count). The van der Waals surface area contributed by atoms with E-state index in [-0.39, 0.29) is 5.41 Å². The van der Waals surface area contributed by atoms with Gasteiger partial charge in [0.05, 0.1) is 11.6 Å². The van der Waals surface area contributed by atoms with Crippen LogP contribution in [0.2, 0.25) is 5.02 Å². The smallest absolute Gasteiger partial charge is 0.153 e. The number of nitrogens with one attached hydrogen (secondary N) is 1. The van der Waals surface area contributed by atoms with E-state index in [1.54, 1.807) is 0 Å². The predicted octanol–water partition coefficient (Wildman–Crippen LogP) is 4.41. The lowest BCUT2D eigenvalue weighted by Gasteiger charge is -2.19. The lowest BCUT2D eigenvalue weighted by molar-refractivity contribution is 0.495. The summed E-state index contributed by atoms with van der Waals surface area (Å²) >= 11 is 6.28.